The number of ether oxygens (including phenoxy) is 1. The number of hydrogen-bond donors (Lipinski definition) is 3. The van der Waals surface area contributed by atoms with Crippen LogP contribution in [0.5, 0.6) is 5.75 Å². The fraction of sp³-hybridized carbons (Fsp3) is 0.517. The summed E-state index contributed by atoms with van der Waals surface area (Å²) in [5, 5.41) is 17.1. The molecule has 5 rings (SSSR count). The van der Waals surface area contributed by atoms with Gasteiger partial charge in [-0.15, -0.1) is 12.4 Å². The smallest absolute Gasteiger partial charge is 0.255 e. The van der Waals surface area contributed by atoms with Crippen molar-refractivity contribution in [1.82, 2.24) is 20.4 Å². The second-order valence-corrected chi connectivity index (χ2v) is 10.6. The SMILES string of the molecule is CCOc1cc2c(cc1C(=O)NCC(O)C1Cc3ccccc3CN1)CN(CC1CCN(C)CC1)C2=O.Cl. The van der Waals surface area contributed by atoms with Gasteiger partial charge >= 0.3 is 0 Å². The fourth-order valence-electron chi connectivity index (χ4n) is 5.74. The van der Waals surface area contributed by atoms with Crippen LogP contribution in [0.15, 0.2) is 36.4 Å². The summed E-state index contributed by atoms with van der Waals surface area (Å²) in [6.07, 6.45) is 2.18. The molecule has 3 heterocycles. The predicted molar refractivity (Wildman–Crippen MR) is 149 cm³/mol. The molecule has 0 aromatic heterocycles. The van der Waals surface area contributed by atoms with Gasteiger partial charge in [0.05, 0.1) is 18.3 Å². The molecule has 3 N–H and O–H groups in total. The summed E-state index contributed by atoms with van der Waals surface area (Å²) in [4.78, 5) is 30.6. The summed E-state index contributed by atoms with van der Waals surface area (Å²) in [5.74, 6) is 0.626. The number of rotatable bonds is 8. The minimum Gasteiger partial charge on any atom is -0.493 e. The number of benzene rings is 2. The number of aliphatic hydroxyl groups excluding tert-OH is 1. The first-order valence-corrected chi connectivity index (χ1v) is 13.5. The van der Waals surface area contributed by atoms with Crippen LogP contribution in [0.4, 0.5) is 0 Å². The Morgan fingerprint density at radius 1 is 1.18 bits per heavy atom. The molecular formula is C29H39ClN4O4. The largest absolute Gasteiger partial charge is 0.493 e. The van der Waals surface area contributed by atoms with E-state index in [1.807, 2.05) is 24.0 Å². The van der Waals surface area contributed by atoms with E-state index in [9.17, 15) is 14.7 Å². The number of carbonyl (C=O) groups excluding carboxylic acids is 2. The van der Waals surface area contributed by atoms with Gasteiger partial charge in [0.2, 0.25) is 0 Å². The second-order valence-electron chi connectivity index (χ2n) is 10.6. The van der Waals surface area contributed by atoms with E-state index in [-0.39, 0.29) is 36.8 Å². The first-order valence-electron chi connectivity index (χ1n) is 13.5. The number of nitrogens with one attached hydrogen (secondary N) is 2. The first-order chi connectivity index (χ1) is 17.9. The minimum absolute atomic E-state index is 0. The Hall–Kier alpha value is -2.65. The number of nitrogens with zero attached hydrogens (tertiary/aromatic N) is 2. The van der Waals surface area contributed by atoms with Gasteiger partial charge in [0.25, 0.3) is 11.8 Å². The molecule has 0 spiro atoms. The molecule has 2 amide bonds. The van der Waals surface area contributed by atoms with Gasteiger partial charge in [0.15, 0.2) is 0 Å². The van der Waals surface area contributed by atoms with Crippen molar-refractivity contribution < 1.29 is 19.4 Å². The zero-order chi connectivity index (χ0) is 25.9. The van der Waals surface area contributed by atoms with E-state index in [2.05, 4.69) is 34.7 Å². The molecule has 3 aliphatic rings. The van der Waals surface area contributed by atoms with Crippen molar-refractivity contribution in [3.63, 3.8) is 0 Å². The lowest BCUT2D eigenvalue weighted by Crippen LogP contribution is -2.49. The molecule has 38 heavy (non-hydrogen) atoms. The molecule has 3 aliphatic heterocycles. The van der Waals surface area contributed by atoms with Crippen LogP contribution in [0, 0.1) is 5.92 Å². The standard InChI is InChI=1S/C29H38N4O4.ClH/c1-3-37-27-14-23-22(18-33(29(23)36)17-19-8-10-32(2)11-9-19)12-24(27)28(35)31-16-26(34)25-13-20-6-4-5-7-21(20)15-30-25;/h4-7,12,14,19,25-26,30,34H,3,8-11,13,15-18H2,1-2H3,(H,31,35);1H. The van der Waals surface area contributed by atoms with Gasteiger partial charge in [-0.1, -0.05) is 24.3 Å². The van der Waals surface area contributed by atoms with Crippen LogP contribution in [0.3, 0.4) is 0 Å². The number of fused-ring (bicyclic) bond motifs is 2. The molecule has 2 unspecified atom stereocenters. The summed E-state index contributed by atoms with van der Waals surface area (Å²) in [6.45, 7) is 6.47. The molecule has 206 valence electrons. The topological polar surface area (TPSA) is 94.1 Å². The Morgan fingerprint density at radius 3 is 2.66 bits per heavy atom. The summed E-state index contributed by atoms with van der Waals surface area (Å²) in [7, 11) is 2.14. The van der Waals surface area contributed by atoms with Crippen LogP contribution in [0.1, 0.15) is 57.2 Å². The highest BCUT2D eigenvalue weighted by Gasteiger charge is 2.33. The van der Waals surface area contributed by atoms with Crippen LogP contribution in [-0.4, -0.2) is 78.7 Å². The average molecular weight is 543 g/mol. The highest BCUT2D eigenvalue weighted by atomic mass is 35.5. The highest BCUT2D eigenvalue weighted by molar-refractivity contribution is 6.03. The van der Waals surface area contributed by atoms with Crippen LogP contribution < -0.4 is 15.4 Å². The van der Waals surface area contributed by atoms with Crippen molar-refractivity contribution in [3.8, 4) is 5.75 Å². The van der Waals surface area contributed by atoms with E-state index in [4.69, 9.17) is 4.74 Å². The maximum Gasteiger partial charge on any atom is 0.255 e. The molecule has 0 radical (unpaired) electrons. The number of aliphatic hydroxyl groups is 1. The Bertz CT molecular complexity index is 1150. The van der Waals surface area contributed by atoms with Gasteiger partial charge in [0.1, 0.15) is 5.75 Å². The lowest BCUT2D eigenvalue weighted by Gasteiger charge is -2.31. The van der Waals surface area contributed by atoms with Crippen molar-refractivity contribution in [3.05, 3.63) is 64.2 Å². The monoisotopic (exact) mass is 542 g/mol. The predicted octanol–water partition coefficient (Wildman–Crippen LogP) is 2.61. The van der Waals surface area contributed by atoms with Gasteiger partial charge < -0.3 is 30.3 Å². The van der Waals surface area contributed by atoms with E-state index in [1.54, 1.807) is 12.1 Å². The van der Waals surface area contributed by atoms with Crippen LogP contribution in [0.2, 0.25) is 0 Å². The first kappa shape index (κ1) is 28.4. The van der Waals surface area contributed by atoms with Crippen LogP contribution >= 0.6 is 12.4 Å². The Kier molecular flexibility index (Phi) is 9.31. The van der Waals surface area contributed by atoms with Crippen molar-refractivity contribution >= 4 is 24.2 Å². The third-order valence-corrected chi connectivity index (χ3v) is 7.99. The molecule has 2 aromatic rings. The van der Waals surface area contributed by atoms with Crippen molar-refractivity contribution in [2.24, 2.45) is 5.92 Å². The number of likely N-dealkylation sites (tertiary alicyclic amines) is 1. The average Bonchev–Trinajstić information content (AvgIpc) is 3.21. The summed E-state index contributed by atoms with van der Waals surface area (Å²) >= 11 is 0. The van der Waals surface area contributed by atoms with E-state index in [1.165, 1.54) is 11.1 Å². The summed E-state index contributed by atoms with van der Waals surface area (Å²) in [5.41, 5.74) is 4.36. The zero-order valence-electron chi connectivity index (χ0n) is 22.2. The van der Waals surface area contributed by atoms with Crippen molar-refractivity contribution in [1.29, 1.82) is 0 Å². The normalized spacial score (nSPS) is 20.3. The molecule has 8 nitrogen and oxygen atoms in total. The maximum absolute atomic E-state index is 13.2. The maximum atomic E-state index is 13.2. The fourth-order valence-corrected chi connectivity index (χ4v) is 5.74. The molecular weight excluding hydrogens is 504 g/mol. The molecule has 2 aromatic carbocycles. The van der Waals surface area contributed by atoms with Gasteiger partial charge in [-0.05, 0) is 81.1 Å². The molecule has 1 fully saturated rings. The number of hydrogen-bond acceptors (Lipinski definition) is 6. The van der Waals surface area contributed by atoms with Gasteiger partial charge in [0, 0.05) is 37.8 Å². The Balaban J connectivity index is 0.00000336. The van der Waals surface area contributed by atoms with Gasteiger partial charge in [-0.3, -0.25) is 9.59 Å². The molecule has 1 saturated heterocycles. The van der Waals surface area contributed by atoms with E-state index in [0.717, 1.165) is 38.0 Å². The van der Waals surface area contributed by atoms with Crippen LogP contribution in [0.25, 0.3) is 0 Å². The summed E-state index contributed by atoms with van der Waals surface area (Å²) in [6, 6.07) is 11.6. The highest BCUT2D eigenvalue weighted by Crippen LogP contribution is 2.32. The molecule has 9 heteroatoms. The third-order valence-electron chi connectivity index (χ3n) is 7.99. The lowest BCUT2D eigenvalue weighted by molar-refractivity contribution is 0.0722. The number of amides is 2. The number of halogens is 1. The minimum atomic E-state index is -0.728. The van der Waals surface area contributed by atoms with Crippen LogP contribution in [-0.2, 0) is 19.5 Å². The molecule has 0 bridgehead atoms. The second kappa shape index (κ2) is 12.5. The third kappa shape index (κ3) is 6.15. The Labute approximate surface area is 231 Å². The Morgan fingerprint density at radius 2 is 1.92 bits per heavy atom. The quantitative estimate of drug-likeness (QED) is 0.475. The lowest BCUT2D eigenvalue weighted by atomic mass is 9.93. The summed E-state index contributed by atoms with van der Waals surface area (Å²) < 4.78 is 5.78. The molecule has 0 saturated carbocycles. The number of piperidine rings is 1. The number of carbonyl (C=O) groups is 2. The van der Waals surface area contributed by atoms with Gasteiger partial charge in [-0.2, -0.15) is 0 Å². The van der Waals surface area contributed by atoms with E-state index < -0.39 is 6.10 Å². The van der Waals surface area contributed by atoms with E-state index in [0.29, 0.717) is 48.9 Å². The molecule has 2 atom stereocenters. The zero-order valence-corrected chi connectivity index (χ0v) is 23.1. The van der Waals surface area contributed by atoms with Gasteiger partial charge in [-0.25, -0.2) is 0 Å². The van der Waals surface area contributed by atoms with Crippen molar-refractivity contribution in [2.45, 2.75) is 51.4 Å². The van der Waals surface area contributed by atoms with Crippen molar-refractivity contribution in [2.75, 3.05) is 39.8 Å². The van der Waals surface area contributed by atoms with E-state index >= 15 is 0 Å². The molecule has 0 aliphatic carbocycles.